The van der Waals surface area contributed by atoms with Crippen LogP contribution in [-0.4, -0.2) is 23.3 Å². The summed E-state index contributed by atoms with van der Waals surface area (Å²) in [5.74, 6) is 2.22. The Morgan fingerprint density at radius 1 is 1.15 bits per heavy atom. The molecule has 134 valence electrons. The van der Waals surface area contributed by atoms with Gasteiger partial charge in [0.15, 0.2) is 6.54 Å². The summed E-state index contributed by atoms with van der Waals surface area (Å²) in [6.07, 6.45) is 2.52. The van der Waals surface area contributed by atoms with E-state index in [2.05, 4.69) is 38.2 Å². The molecule has 0 spiro atoms. The van der Waals surface area contributed by atoms with Crippen LogP contribution >= 0.6 is 15.9 Å². The smallest absolute Gasteiger partial charge is 0.282 e. The number of halogens is 1. The molecule has 6 heteroatoms. The lowest BCUT2D eigenvalue weighted by Crippen LogP contribution is -3.10. The first kappa shape index (κ1) is 17.2. The highest BCUT2D eigenvalue weighted by Gasteiger charge is 2.34. The van der Waals surface area contributed by atoms with Gasteiger partial charge in [-0.05, 0) is 36.4 Å². The highest BCUT2D eigenvalue weighted by Crippen LogP contribution is 2.21. The number of hydrogen-bond acceptors (Lipinski definition) is 4. The minimum Gasteiger partial charge on any atom is -0.497 e. The zero-order chi connectivity index (χ0) is 17.9. The first-order valence-electron chi connectivity index (χ1n) is 8.77. The van der Waals surface area contributed by atoms with E-state index in [1.54, 1.807) is 7.11 Å². The Hall–Kier alpha value is -2.18. The summed E-state index contributed by atoms with van der Waals surface area (Å²) in [4.78, 5) is 6.07. The lowest BCUT2D eigenvalue weighted by Gasteiger charge is -2.17. The molecule has 0 radical (unpaired) electrons. The number of methoxy groups -OCH3 is 1. The summed E-state index contributed by atoms with van der Waals surface area (Å²) < 4.78 is 11.8. The Labute approximate surface area is 161 Å². The van der Waals surface area contributed by atoms with Crippen molar-refractivity contribution in [3.8, 4) is 17.1 Å². The van der Waals surface area contributed by atoms with Crippen molar-refractivity contribution in [1.29, 1.82) is 0 Å². The summed E-state index contributed by atoms with van der Waals surface area (Å²) in [5, 5.41) is 4.15. The second kappa shape index (κ2) is 7.60. The highest BCUT2D eigenvalue weighted by molar-refractivity contribution is 9.10. The number of nitrogens with zero attached hydrogens (tertiary/aromatic N) is 2. The van der Waals surface area contributed by atoms with Gasteiger partial charge < -0.3 is 14.2 Å². The van der Waals surface area contributed by atoms with E-state index in [0.717, 1.165) is 28.9 Å². The lowest BCUT2D eigenvalue weighted by atomic mass is 10.2. The molecule has 3 aromatic rings. The van der Waals surface area contributed by atoms with Gasteiger partial charge in [0.2, 0.25) is 5.82 Å². The van der Waals surface area contributed by atoms with Crippen LogP contribution in [0.4, 0.5) is 0 Å². The number of hydrogen-bond donors (Lipinski definition) is 1. The van der Waals surface area contributed by atoms with Crippen molar-refractivity contribution in [2.75, 3.05) is 7.11 Å². The third-order valence-electron chi connectivity index (χ3n) is 4.67. The standard InChI is InChI=1S/C20H20BrN3O2/c1-25-18-9-5-14(6-10-18)12-24(17-7-8-17)13-19-22-20(23-26-19)15-3-2-4-16(21)11-15/h2-6,9-11,17H,7-8,12-13H2,1H3/p+1. The van der Waals surface area contributed by atoms with E-state index < -0.39 is 0 Å². The molecule has 1 fully saturated rings. The van der Waals surface area contributed by atoms with Crippen molar-refractivity contribution in [3.63, 3.8) is 0 Å². The molecule has 1 aliphatic rings. The monoisotopic (exact) mass is 414 g/mol. The zero-order valence-electron chi connectivity index (χ0n) is 14.6. The van der Waals surface area contributed by atoms with Crippen molar-refractivity contribution < 1.29 is 14.2 Å². The predicted molar refractivity (Wildman–Crippen MR) is 102 cm³/mol. The molecule has 26 heavy (non-hydrogen) atoms. The third-order valence-corrected chi connectivity index (χ3v) is 5.17. The maximum atomic E-state index is 5.52. The summed E-state index contributed by atoms with van der Waals surface area (Å²) in [7, 11) is 1.69. The van der Waals surface area contributed by atoms with Gasteiger partial charge in [0, 0.05) is 28.4 Å². The van der Waals surface area contributed by atoms with Gasteiger partial charge in [-0.25, -0.2) is 0 Å². The fourth-order valence-electron chi connectivity index (χ4n) is 3.11. The Kier molecular flexibility index (Phi) is 5.04. The maximum absolute atomic E-state index is 5.52. The Bertz CT molecular complexity index is 875. The summed E-state index contributed by atoms with van der Waals surface area (Å²) >= 11 is 3.48. The minimum atomic E-state index is 0.640. The largest absolute Gasteiger partial charge is 0.497 e. The predicted octanol–water partition coefficient (Wildman–Crippen LogP) is 3.26. The third kappa shape index (κ3) is 4.14. The molecular formula is C20H21BrN3O2+. The average Bonchev–Trinajstić information content (AvgIpc) is 3.41. The van der Waals surface area contributed by atoms with Crippen molar-refractivity contribution >= 4 is 15.9 Å². The highest BCUT2D eigenvalue weighted by atomic mass is 79.9. The number of benzene rings is 2. The molecule has 4 rings (SSSR count). The van der Waals surface area contributed by atoms with Crippen LogP contribution in [0.3, 0.4) is 0 Å². The molecule has 0 aliphatic heterocycles. The number of rotatable bonds is 7. The van der Waals surface area contributed by atoms with E-state index in [0.29, 0.717) is 17.8 Å². The molecule has 0 bridgehead atoms. The van der Waals surface area contributed by atoms with Crippen LogP contribution < -0.4 is 9.64 Å². The fraction of sp³-hybridized carbons (Fsp3) is 0.300. The Balaban J connectivity index is 1.47. The average molecular weight is 415 g/mol. The van der Waals surface area contributed by atoms with Crippen LogP contribution in [-0.2, 0) is 13.1 Å². The summed E-state index contributed by atoms with van der Waals surface area (Å²) in [6.45, 7) is 1.70. The number of aromatic nitrogens is 2. The van der Waals surface area contributed by atoms with E-state index in [1.807, 2.05) is 36.4 Å². The molecule has 1 aliphatic carbocycles. The van der Waals surface area contributed by atoms with Crippen LogP contribution in [0.1, 0.15) is 24.3 Å². The van der Waals surface area contributed by atoms with Gasteiger partial charge >= 0.3 is 0 Å². The van der Waals surface area contributed by atoms with Crippen molar-refractivity contribution in [3.05, 3.63) is 64.5 Å². The van der Waals surface area contributed by atoms with E-state index in [-0.39, 0.29) is 0 Å². The van der Waals surface area contributed by atoms with E-state index in [9.17, 15) is 0 Å². The number of ether oxygens (including phenoxy) is 1. The topological polar surface area (TPSA) is 52.6 Å². The van der Waals surface area contributed by atoms with Crippen LogP contribution in [0.25, 0.3) is 11.4 Å². The van der Waals surface area contributed by atoms with Crippen LogP contribution in [0.5, 0.6) is 5.75 Å². The second-order valence-electron chi connectivity index (χ2n) is 6.66. The van der Waals surface area contributed by atoms with Crippen LogP contribution in [0.15, 0.2) is 57.5 Å². The maximum Gasteiger partial charge on any atom is 0.282 e. The SMILES string of the molecule is COc1ccc(C[NH+](Cc2nc(-c3cccc(Br)c3)no2)C2CC2)cc1. The van der Waals surface area contributed by atoms with Gasteiger partial charge in [-0.15, -0.1) is 0 Å². The first-order chi connectivity index (χ1) is 12.7. The molecule has 5 nitrogen and oxygen atoms in total. The van der Waals surface area contributed by atoms with Crippen molar-refractivity contribution in [1.82, 2.24) is 10.1 Å². The van der Waals surface area contributed by atoms with Crippen molar-refractivity contribution in [2.45, 2.75) is 32.0 Å². The molecule has 1 atom stereocenters. The quantitative estimate of drug-likeness (QED) is 0.644. The van der Waals surface area contributed by atoms with Crippen molar-refractivity contribution in [2.24, 2.45) is 0 Å². The Morgan fingerprint density at radius 2 is 1.96 bits per heavy atom. The van der Waals surface area contributed by atoms with Gasteiger partial charge in [-0.2, -0.15) is 4.98 Å². The van der Waals surface area contributed by atoms with Gasteiger partial charge in [0.1, 0.15) is 12.3 Å². The Morgan fingerprint density at radius 3 is 2.65 bits per heavy atom. The molecule has 1 heterocycles. The molecule has 1 aromatic heterocycles. The number of nitrogens with one attached hydrogen (secondary N) is 1. The fourth-order valence-corrected chi connectivity index (χ4v) is 3.51. The van der Waals surface area contributed by atoms with E-state index >= 15 is 0 Å². The lowest BCUT2D eigenvalue weighted by molar-refractivity contribution is -0.939. The van der Waals surface area contributed by atoms with Crippen LogP contribution in [0.2, 0.25) is 0 Å². The molecule has 0 saturated heterocycles. The van der Waals surface area contributed by atoms with Gasteiger partial charge in [-0.3, -0.25) is 0 Å². The van der Waals surface area contributed by atoms with Gasteiger partial charge in [-0.1, -0.05) is 33.2 Å². The second-order valence-corrected chi connectivity index (χ2v) is 7.57. The zero-order valence-corrected chi connectivity index (χ0v) is 16.2. The normalized spacial score (nSPS) is 15.0. The van der Waals surface area contributed by atoms with Gasteiger partial charge in [0.25, 0.3) is 5.89 Å². The summed E-state index contributed by atoms with van der Waals surface area (Å²) in [6, 6.07) is 16.9. The van der Waals surface area contributed by atoms with E-state index in [1.165, 1.54) is 23.3 Å². The number of quaternary nitrogens is 1. The summed E-state index contributed by atoms with van der Waals surface area (Å²) in [5.41, 5.74) is 2.25. The molecule has 1 saturated carbocycles. The molecule has 0 amide bonds. The minimum absolute atomic E-state index is 0.640. The van der Waals surface area contributed by atoms with E-state index in [4.69, 9.17) is 9.26 Å². The first-order valence-corrected chi connectivity index (χ1v) is 9.56. The van der Waals surface area contributed by atoms with Gasteiger partial charge in [0.05, 0.1) is 13.2 Å². The van der Waals surface area contributed by atoms with Crippen LogP contribution in [0, 0.1) is 0 Å². The molecule has 1 unspecified atom stereocenters. The molecule has 2 aromatic carbocycles. The molecular weight excluding hydrogens is 394 g/mol. The molecule has 1 N–H and O–H groups in total.